The van der Waals surface area contributed by atoms with Crippen molar-refractivity contribution in [2.75, 3.05) is 13.2 Å². The van der Waals surface area contributed by atoms with Crippen molar-refractivity contribution < 1.29 is 14.3 Å². The molecule has 3 N–H and O–H groups in total. The van der Waals surface area contributed by atoms with Gasteiger partial charge in [-0.2, -0.15) is 0 Å². The number of benzene rings is 1. The lowest BCUT2D eigenvalue weighted by Crippen LogP contribution is -2.26. The number of hydrogen-bond donors (Lipinski definition) is 2. The van der Waals surface area contributed by atoms with Crippen molar-refractivity contribution in [2.45, 2.75) is 31.8 Å². The van der Waals surface area contributed by atoms with Gasteiger partial charge in [0, 0.05) is 12.1 Å². The Bertz CT molecular complexity index is 707. The number of aliphatic hydroxyl groups excluding tert-OH is 1. The molecule has 0 saturated carbocycles. The zero-order valence-electron chi connectivity index (χ0n) is 11.8. The molecular weight excluding hydrogens is 270 g/mol. The molecule has 1 atom stereocenters. The minimum Gasteiger partial charge on any atom is -0.490 e. The van der Waals surface area contributed by atoms with E-state index < -0.39 is 6.10 Å². The van der Waals surface area contributed by atoms with Gasteiger partial charge in [0.15, 0.2) is 0 Å². The fourth-order valence-electron chi connectivity index (χ4n) is 2.84. The van der Waals surface area contributed by atoms with E-state index in [1.165, 1.54) is 0 Å². The van der Waals surface area contributed by atoms with Gasteiger partial charge in [-0.15, -0.1) is 0 Å². The molecule has 1 aliphatic carbocycles. The third-order valence-electron chi connectivity index (χ3n) is 3.91. The molecule has 3 rings (SSSR count). The summed E-state index contributed by atoms with van der Waals surface area (Å²) >= 11 is 0. The van der Waals surface area contributed by atoms with E-state index >= 15 is 0 Å². The van der Waals surface area contributed by atoms with Crippen LogP contribution in [0.2, 0.25) is 0 Å². The van der Waals surface area contributed by atoms with Gasteiger partial charge >= 0.3 is 5.63 Å². The predicted octanol–water partition coefficient (Wildman–Crippen LogP) is 1.37. The zero-order chi connectivity index (χ0) is 14.8. The summed E-state index contributed by atoms with van der Waals surface area (Å²) in [6.45, 7) is 0.279. The molecular formula is C16H19NO4. The normalized spacial score (nSPS) is 15.7. The van der Waals surface area contributed by atoms with Crippen LogP contribution in [0.15, 0.2) is 27.4 Å². The van der Waals surface area contributed by atoms with E-state index in [9.17, 15) is 9.90 Å². The summed E-state index contributed by atoms with van der Waals surface area (Å²) < 4.78 is 11.1. The monoisotopic (exact) mass is 289 g/mol. The Balaban J connectivity index is 2.10. The number of ether oxygens (including phenoxy) is 1. The summed E-state index contributed by atoms with van der Waals surface area (Å²) in [4.78, 5) is 12.0. The maximum Gasteiger partial charge on any atom is 0.339 e. The Morgan fingerprint density at radius 1 is 1.29 bits per heavy atom. The highest BCUT2D eigenvalue weighted by atomic mass is 16.5. The second-order valence-corrected chi connectivity index (χ2v) is 5.38. The average Bonchev–Trinajstić information content (AvgIpc) is 2.52. The standard InChI is InChI=1S/C16H19NO4/c17-8-10(18)9-20-13-6-3-7-14-15(13)11-4-1-2-5-12(11)16(19)21-14/h3,6-7,10,18H,1-2,4-5,8-9,17H2. The first kappa shape index (κ1) is 14.1. The number of hydrogen-bond acceptors (Lipinski definition) is 5. The number of aryl methyl sites for hydroxylation is 1. The quantitative estimate of drug-likeness (QED) is 0.830. The largest absolute Gasteiger partial charge is 0.490 e. The van der Waals surface area contributed by atoms with Crippen LogP contribution < -0.4 is 16.1 Å². The van der Waals surface area contributed by atoms with Crippen LogP contribution in [0, 0.1) is 0 Å². The van der Waals surface area contributed by atoms with Crippen molar-refractivity contribution >= 4 is 11.0 Å². The van der Waals surface area contributed by atoms with Gasteiger partial charge in [0.25, 0.3) is 0 Å². The maximum atomic E-state index is 12.0. The van der Waals surface area contributed by atoms with Gasteiger partial charge in [-0.05, 0) is 43.4 Å². The van der Waals surface area contributed by atoms with Gasteiger partial charge in [-0.1, -0.05) is 6.07 Å². The summed E-state index contributed by atoms with van der Waals surface area (Å²) in [6.07, 6.45) is 2.99. The molecule has 0 fully saturated rings. The van der Waals surface area contributed by atoms with E-state index in [1.54, 1.807) is 12.1 Å². The number of aliphatic hydroxyl groups is 1. The first-order valence-electron chi connectivity index (χ1n) is 7.29. The highest BCUT2D eigenvalue weighted by Gasteiger charge is 2.20. The zero-order valence-corrected chi connectivity index (χ0v) is 11.8. The third-order valence-corrected chi connectivity index (χ3v) is 3.91. The van der Waals surface area contributed by atoms with Gasteiger partial charge in [-0.25, -0.2) is 4.79 Å². The molecule has 1 aliphatic rings. The summed E-state index contributed by atoms with van der Waals surface area (Å²) in [5.74, 6) is 0.641. The van der Waals surface area contributed by atoms with Crippen molar-refractivity contribution in [3.8, 4) is 5.75 Å². The molecule has 1 heterocycles. The van der Waals surface area contributed by atoms with E-state index in [-0.39, 0.29) is 18.8 Å². The first-order chi connectivity index (χ1) is 10.2. The first-order valence-corrected chi connectivity index (χ1v) is 7.29. The van der Waals surface area contributed by atoms with Crippen LogP contribution in [-0.2, 0) is 12.8 Å². The SMILES string of the molecule is NCC(O)COc1cccc2oc(=O)c3c(c12)CCCC3. The minimum atomic E-state index is -0.702. The van der Waals surface area contributed by atoms with Crippen LogP contribution in [-0.4, -0.2) is 24.4 Å². The van der Waals surface area contributed by atoms with Gasteiger partial charge in [-0.3, -0.25) is 0 Å². The maximum absolute atomic E-state index is 12.0. The summed E-state index contributed by atoms with van der Waals surface area (Å²) in [5, 5.41) is 10.4. The molecule has 2 aromatic rings. The van der Waals surface area contributed by atoms with E-state index in [4.69, 9.17) is 14.9 Å². The average molecular weight is 289 g/mol. The topological polar surface area (TPSA) is 85.7 Å². The lowest BCUT2D eigenvalue weighted by atomic mass is 9.90. The predicted molar refractivity (Wildman–Crippen MR) is 79.7 cm³/mol. The van der Waals surface area contributed by atoms with E-state index in [0.29, 0.717) is 11.3 Å². The van der Waals surface area contributed by atoms with Crippen molar-refractivity contribution in [3.05, 3.63) is 39.7 Å². The second-order valence-electron chi connectivity index (χ2n) is 5.38. The van der Waals surface area contributed by atoms with Crippen LogP contribution >= 0.6 is 0 Å². The molecule has 1 unspecified atom stereocenters. The molecule has 1 aromatic heterocycles. The summed E-state index contributed by atoms with van der Waals surface area (Å²) in [6, 6.07) is 5.39. The van der Waals surface area contributed by atoms with Gasteiger partial charge in [0.05, 0.1) is 5.39 Å². The molecule has 0 bridgehead atoms. The summed E-state index contributed by atoms with van der Waals surface area (Å²) in [7, 11) is 0. The second kappa shape index (κ2) is 5.87. The molecule has 1 aromatic carbocycles. The molecule has 5 nitrogen and oxygen atoms in total. The Labute approximate surface area is 122 Å². The fraction of sp³-hybridized carbons (Fsp3) is 0.438. The third kappa shape index (κ3) is 2.66. The Morgan fingerprint density at radius 3 is 2.81 bits per heavy atom. The van der Waals surface area contributed by atoms with Crippen molar-refractivity contribution in [2.24, 2.45) is 5.73 Å². The van der Waals surface area contributed by atoms with Crippen molar-refractivity contribution in [1.82, 2.24) is 0 Å². The molecule has 0 amide bonds. The number of rotatable bonds is 4. The van der Waals surface area contributed by atoms with Crippen LogP contribution in [0.3, 0.4) is 0 Å². The smallest absolute Gasteiger partial charge is 0.339 e. The summed E-state index contributed by atoms with van der Waals surface area (Å²) in [5.41, 5.74) is 7.49. The van der Waals surface area contributed by atoms with E-state index in [1.807, 2.05) is 6.07 Å². The van der Waals surface area contributed by atoms with Crippen LogP contribution in [0.4, 0.5) is 0 Å². The lowest BCUT2D eigenvalue weighted by Gasteiger charge is -2.19. The Kier molecular flexibility index (Phi) is 3.94. The molecule has 0 aliphatic heterocycles. The van der Waals surface area contributed by atoms with Gasteiger partial charge in [0.1, 0.15) is 24.0 Å². The molecule has 0 radical (unpaired) electrons. The van der Waals surface area contributed by atoms with Crippen LogP contribution in [0.25, 0.3) is 11.0 Å². The molecule has 21 heavy (non-hydrogen) atoms. The fourth-order valence-corrected chi connectivity index (χ4v) is 2.84. The van der Waals surface area contributed by atoms with Crippen LogP contribution in [0.5, 0.6) is 5.75 Å². The highest BCUT2D eigenvalue weighted by molar-refractivity contribution is 5.87. The highest BCUT2D eigenvalue weighted by Crippen LogP contribution is 2.33. The minimum absolute atomic E-state index is 0.128. The Hall–Kier alpha value is -1.85. The molecule has 0 spiro atoms. The number of nitrogens with two attached hydrogens (primary N) is 1. The molecule has 5 heteroatoms. The van der Waals surface area contributed by atoms with Crippen molar-refractivity contribution in [3.63, 3.8) is 0 Å². The van der Waals surface area contributed by atoms with E-state index in [0.717, 1.165) is 42.2 Å². The van der Waals surface area contributed by atoms with E-state index in [2.05, 4.69) is 0 Å². The lowest BCUT2D eigenvalue weighted by molar-refractivity contribution is 0.115. The number of fused-ring (bicyclic) bond motifs is 3. The molecule has 0 saturated heterocycles. The van der Waals surface area contributed by atoms with Gasteiger partial charge in [0.2, 0.25) is 0 Å². The van der Waals surface area contributed by atoms with Gasteiger partial charge < -0.3 is 20.0 Å². The molecule has 112 valence electrons. The Morgan fingerprint density at radius 2 is 2.05 bits per heavy atom. The van der Waals surface area contributed by atoms with Crippen LogP contribution in [0.1, 0.15) is 24.0 Å². The van der Waals surface area contributed by atoms with Crippen molar-refractivity contribution in [1.29, 1.82) is 0 Å².